The standard InChI is InChI=1S/C27H32O8/c1-3-34-25(32)19-11-5-7-13-21(19)27(18-16-24(30)31,17-10-9-15-23(28)29)22-14-8-6-12-20(22)26(33)35-4-2/h5-8,11-14H,3-4,9-10,15-18H2,1-2H3,(H,28,29)(H,30,31). The summed E-state index contributed by atoms with van der Waals surface area (Å²) in [5.74, 6) is -3.06. The number of carboxylic acid groups (broad SMARTS) is 2. The maximum absolute atomic E-state index is 12.9. The molecule has 0 aliphatic rings. The number of hydrogen-bond donors (Lipinski definition) is 2. The van der Waals surface area contributed by atoms with Crippen molar-refractivity contribution in [3.63, 3.8) is 0 Å². The van der Waals surface area contributed by atoms with Gasteiger partial charge in [-0.05, 0) is 56.4 Å². The smallest absolute Gasteiger partial charge is 0.338 e. The van der Waals surface area contributed by atoms with Crippen LogP contribution in [0.2, 0.25) is 0 Å². The highest BCUT2D eigenvalue weighted by atomic mass is 16.5. The molecule has 2 N–H and O–H groups in total. The van der Waals surface area contributed by atoms with Gasteiger partial charge in [0.15, 0.2) is 0 Å². The fraction of sp³-hybridized carbons (Fsp3) is 0.407. The Hall–Kier alpha value is -3.68. The summed E-state index contributed by atoms with van der Waals surface area (Å²) in [6, 6.07) is 13.6. The van der Waals surface area contributed by atoms with E-state index in [-0.39, 0.29) is 43.6 Å². The Morgan fingerprint density at radius 3 is 1.57 bits per heavy atom. The van der Waals surface area contributed by atoms with E-state index in [0.717, 1.165) is 0 Å². The Labute approximate surface area is 204 Å². The molecule has 0 saturated heterocycles. The molecule has 0 radical (unpaired) electrons. The number of aliphatic carboxylic acids is 2. The third-order valence-corrected chi connectivity index (χ3v) is 5.89. The van der Waals surface area contributed by atoms with Crippen LogP contribution >= 0.6 is 0 Å². The predicted octanol–water partition coefficient (Wildman–Crippen LogP) is 4.84. The van der Waals surface area contributed by atoms with Gasteiger partial charge in [0.2, 0.25) is 0 Å². The second kappa shape index (κ2) is 13.3. The molecule has 0 atom stereocenters. The molecular formula is C27H32O8. The number of carbonyl (C=O) groups is 4. The van der Waals surface area contributed by atoms with Crippen molar-refractivity contribution in [3.05, 3.63) is 70.8 Å². The van der Waals surface area contributed by atoms with E-state index in [1.165, 1.54) is 0 Å². The Balaban J connectivity index is 2.80. The highest BCUT2D eigenvalue weighted by Crippen LogP contribution is 2.45. The van der Waals surface area contributed by atoms with E-state index in [2.05, 4.69) is 0 Å². The van der Waals surface area contributed by atoms with E-state index < -0.39 is 29.3 Å². The van der Waals surface area contributed by atoms with Gasteiger partial charge in [0, 0.05) is 18.3 Å². The van der Waals surface area contributed by atoms with Gasteiger partial charge in [-0.2, -0.15) is 0 Å². The van der Waals surface area contributed by atoms with Crippen molar-refractivity contribution in [2.24, 2.45) is 0 Å². The first kappa shape index (κ1) is 27.6. The largest absolute Gasteiger partial charge is 0.481 e. The Bertz CT molecular complexity index is 981. The molecule has 2 aromatic rings. The molecule has 0 saturated carbocycles. The summed E-state index contributed by atoms with van der Waals surface area (Å²) in [5, 5.41) is 18.7. The number of rotatable bonds is 14. The molecule has 0 heterocycles. The van der Waals surface area contributed by atoms with E-state index in [1.54, 1.807) is 62.4 Å². The van der Waals surface area contributed by atoms with Gasteiger partial charge in [-0.3, -0.25) is 9.59 Å². The summed E-state index contributed by atoms with van der Waals surface area (Å²) in [4.78, 5) is 48.6. The molecule has 0 spiro atoms. The lowest BCUT2D eigenvalue weighted by Crippen LogP contribution is -2.33. The van der Waals surface area contributed by atoms with Crippen molar-refractivity contribution in [3.8, 4) is 0 Å². The molecule has 0 amide bonds. The van der Waals surface area contributed by atoms with Gasteiger partial charge in [0.25, 0.3) is 0 Å². The second-order valence-corrected chi connectivity index (χ2v) is 8.11. The topological polar surface area (TPSA) is 127 Å². The average molecular weight is 485 g/mol. The molecule has 0 aliphatic carbocycles. The number of benzene rings is 2. The van der Waals surface area contributed by atoms with Gasteiger partial charge in [0.1, 0.15) is 0 Å². The van der Waals surface area contributed by atoms with Crippen LogP contribution in [0.4, 0.5) is 0 Å². The molecule has 0 fully saturated rings. The van der Waals surface area contributed by atoms with Crippen molar-refractivity contribution in [1.29, 1.82) is 0 Å². The highest BCUT2D eigenvalue weighted by Gasteiger charge is 2.40. The number of carboxylic acids is 2. The van der Waals surface area contributed by atoms with E-state index in [4.69, 9.17) is 14.6 Å². The van der Waals surface area contributed by atoms with Crippen LogP contribution in [0, 0.1) is 0 Å². The first-order valence-electron chi connectivity index (χ1n) is 11.7. The van der Waals surface area contributed by atoms with Crippen LogP contribution in [-0.4, -0.2) is 47.3 Å². The van der Waals surface area contributed by atoms with Crippen molar-refractivity contribution < 1.29 is 38.9 Å². The van der Waals surface area contributed by atoms with E-state index in [9.17, 15) is 24.3 Å². The molecule has 0 aromatic heterocycles. The Morgan fingerprint density at radius 1 is 0.686 bits per heavy atom. The van der Waals surface area contributed by atoms with Gasteiger partial charge in [-0.15, -0.1) is 0 Å². The molecular weight excluding hydrogens is 452 g/mol. The summed E-state index contributed by atoms with van der Waals surface area (Å²) >= 11 is 0. The summed E-state index contributed by atoms with van der Waals surface area (Å²) in [6.07, 6.45) is 0.914. The zero-order valence-corrected chi connectivity index (χ0v) is 20.1. The van der Waals surface area contributed by atoms with E-state index in [0.29, 0.717) is 30.4 Å². The van der Waals surface area contributed by atoms with Crippen LogP contribution in [0.5, 0.6) is 0 Å². The van der Waals surface area contributed by atoms with Gasteiger partial charge >= 0.3 is 23.9 Å². The molecule has 0 aliphatic heterocycles. The Kier molecular flexibility index (Phi) is 10.5. The minimum atomic E-state index is -1.08. The van der Waals surface area contributed by atoms with E-state index >= 15 is 0 Å². The number of unbranched alkanes of at least 4 members (excludes halogenated alkanes) is 1. The molecule has 0 bridgehead atoms. The highest BCUT2D eigenvalue weighted by molar-refractivity contribution is 5.94. The minimum absolute atomic E-state index is 0.0476. The monoisotopic (exact) mass is 484 g/mol. The van der Waals surface area contributed by atoms with Crippen LogP contribution in [0.15, 0.2) is 48.5 Å². The van der Waals surface area contributed by atoms with Crippen molar-refractivity contribution in [2.45, 2.75) is 57.8 Å². The lowest BCUT2D eigenvalue weighted by Gasteiger charge is -2.37. The van der Waals surface area contributed by atoms with Crippen LogP contribution in [0.25, 0.3) is 0 Å². The third-order valence-electron chi connectivity index (χ3n) is 5.89. The Morgan fingerprint density at radius 2 is 1.14 bits per heavy atom. The van der Waals surface area contributed by atoms with Crippen LogP contribution in [0.1, 0.15) is 84.2 Å². The zero-order valence-electron chi connectivity index (χ0n) is 20.1. The lowest BCUT2D eigenvalue weighted by molar-refractivity contribution is -0.138. The molecule has 2 rings (SSSR count). The van der Waals surface area contributed by atoms with Gasteiger partial charge in [-0.25, -0.2) is 9.59 Å². The van der Waals surface area contributed by atoms with Crippen LogP contribution in [0.3, 0.4) is 0 Å². The SMILES string of the molecule is CCOC(=O)c1ccccc1C(CCCCC(=O)O)(CCC(=O)O)c1ccccc1C(=O)OCC. The van der Waals surface area contributed by atoms with Gasteiger partial charge in [-0.1, -0.05) is 42.8 Å². The minimum Gasteiger partial charge on any atom is -0.481 e. The molecule has 35 heavy (non-hydrogen) atoms. The second-order valence-electron chi connectivity index (χ2n) is 8.11. The van der Waals surface area contributed by atoms with Gasteiger partial charge < -0.3 is 19.7 Å². The number of carbonyl (C=O) groups excluding carboxylic acids is 2. The number of esters is 2. The van der Waals surface area contributed by atoms with Gasteiger partial charge in [0.05, 0.1) is 24.3 Å². The fourth-order valence-electron chi connectivity index (χ4n) is 4.41. The number of hydrogen-bond acceptors (Lipinski definition) is 6. The van der Waals surface area contributed by atoms with Crippen LogP contribution in [-0.2, 0) is 24.5 Å². The summed E-state index contributed by atoms with van der Waals surface area (Å²) in [5.41, 5.74) is 0.538. The first-order chi connectivity index (χ1) is 16.8. The summed E-state index contributed by atoms with van der Waals surface area (Å²) < 4.78 is 10.5. The van der Waals surface area contributed by atoms with Crippen molar-refractivity contribution in [2.75, 3.05) is 13.2 Å². The summed E-state index contributed by atoms with van der Waals surface area (Å²) in [6.45, 7) is 3.71. The molecule has 188 valence electrons. The maximum atomic E-state index is 12.9. The quantitative estimate of drug-likeness (QED) is 0.288. The lowest BCUT2D eigenvalue weighted by atomic mass is 9.65. The molecule has 2 aromatic carbocycles. The molecule has 8 heteroatoms. The molecule has 8 nitrogen and oxygen atoms in total. The average Bonchev–Trinajstić information content (AvgIpc) is 2.84. The third kappa shape index (κ3) is 7.15. The van der Waals surface area contributed by atoms with Crippen molar-refractivity contribution in [1.82, 2.24) is 0 Å². The summed E-state index contributed by atoms with van der Waals surface area (Å²) in [7, 11) is 0. The van der Waals surface area contributed by atoms with E-state index in [1.807, 2.05) is 0 Å². The van der Waals surface area contributed by atoms with Crippen LogP contribution < -0.4 is 0 Å². The van der Waals surface area contributed by atoms with Crippen molar-refractivity contribution >= 4 is 23.9 Å². The predicted molar refractivity (Wildman–Crippen MR) is 129 cm³/mol. The molecule has 0 unspecified atom stereocenters. The first-order valence-corrected chi connectivity index (χ1v) is 11.7. The number of ether oxygens (including phenoxy) is 2. The maximum Gasteiger partial charge on any atom is 0.338 e. The fourth-order valence-corrected chi connectivity index (χ4v) is 4.41. The normalized spacial score (nSPS) is 11.0. The zero-order chi connectivity index (χ0) is 25.8.